The fourth-order valence-corrected chi connectivity index (χ4v) is 1.45. The molecule has 3 nitrogen and oxygen atoms in total. The third-order valence-corrected chi connectivity index (χ3v) is 3.33. The summed E-state index contributed by atoms with van der Waals surface area (Å²) in [7, 11) is 0. The molecule has 0 fully saturated rings. The van der Waals surface area contributed by atoms with Crippen molar-refractivity contribution in [2.24, 2.45) is 17.1 Å². The fourth-order valence-electron chi connectivity index (χ4n) is 1.45. The Morgan fingerprint density at radius 2 is 1.88 bits per heavy atom. The molecule has 3 N–H and O–H groups in total. The van der Waals surface area contributed by atoms with Gasteiger partial charge in [0.05, 0.1) is 5.41 Å². The van der Waals surface area contributed by atoms with Gasteiger partial charge in [0.2, 0.25) is 5.91 Å². The molecule has 0 aromatic heterocycles. The second-order valence-corrected chi connectivity index (χ2v) is 5.46. The zero-order chi connectivity index (χ0) is 12.8. The van der Waals surface area contributed by atoms with Gasteiger partial charge in [0, 0.05) is 12.6 Å². The van der Waals surface area contributed by atoms with Crippen LogP contribution in [-0.4, -0.2) is 18.5 Å². The van der Waals surface area contributed by atoms with Gasteiger partial charge in [0.25, 0.3) is 0 Å². The van der Waals surface area contributed by atoms with Gasteiger partial charge >= 0.3 is 0 Å². The maximum Gasteiger partial charge on any atom is 0.227 e. The molecule has 0 saturated heterocycles. The summed E-state index contributed by atoms with van der Waals surface area (Å²) in [6.07, 6.45) is 2.97. The SMILES string of the molecule is CCC(C)(CN)C(=O)NC(C)CCC(C)C. The van der Waals surface area contributed by atoms with Gasteiger partial charge in [-0.25, -0.2) is 0 Å². The van der Waals surface area contributed by atoms with Crippen LogP contribution in [0.3, 0.4) is 0 Å². The van der Waals surface area contributed by atoms with E-state index in [0.717, 1.165) is 19.3 Å². The Hall–Kier alpha value is -0.570. The van der Waals surface area contributed by atoms with Crippen molar-refractivity contribution in [3.8, 4) is 0 Å². The molecule has 0 aliphatic carbocycles. The Bertz CT molecular complexity index is 210. The summed E-state index contributed by atoms with van der Waals surface area (Å²) >= 11 is 0. The number of amides is 1. The van der Waals surface area contributed by atoms with Gasteiger partial charge in [0.1, 0.15) is 0 Å². The molecular formula is C13H28N2O. The number of hydrogen-bond donors (Lipinski definition) is 2. The van der Waals surface area contributed by atoms with Crippen molar-refractivity contribution in [2.75, 3.05) is 6.54 Å². The molecule has 0 bridgehead atoms. The maximum absolute atomic E-state index is 12.0. The molecule has 0 aromatic rings. The van der Waals surface area contributed by atoms with Crippen molar-refractivity contribution in [2.45, 2.75) is 59.9 Å². The lowest BCUT2D eigenvalue weighted by molar-refractivity contribution is -0.130. The molecule has 0 aliphatic heterocycles. The van der Waals surface area contributed by atoms with Gasteiger partial charge in [-0.15, -0.1) is 0 Å². The van der Waals surface area contributed by atoms with Crippen molar-refractivity contribution >= 4 is 5.91 Å². The summed E-state index contributed by atoms with van der Waals surface area (Å²) in [5.74, 6) is 0.778. The Labute approximate surface area is 100 Å². The van der Waals surface area contributed by atoms with Crippen molar-refractivity contribution < 1.29 is 4.79 Å². The first-order chi connectivity index (χ1) is 7.35. The summed E-state index contributed by atoms with van der Waals surface area (Å²) in [6, 6.07) is 0.243. The smallest absolute Gasteiger partial charge is 0.227 e. The summed E-state index contributed by atoms with van der Waals surface area (Å²) in [5, 5.41) is 3.06. The van der Waals surface area contributed by atoms with Crippen LogP contribution in [0.15, 0.2) is 0 Å². The quantitative estimate of drug-likeness (QED) is 0.702. The minimum absolute atomic E-state index is 0.0914. The summed E-state index contributed by atoms with van der Waals surface area (Å²) in [5.41, 5.74) is 5.24. The van der Waals surface area contributed by atoms with E-state index < -0.39 is 5.41 Å². The van der Waals surface area contributed by atoms with Crippen molar-refractivity contribution in [3.63, 3.8) is 0 Å². The first kappa shape index (κ1) is 15.4. The number of carbonyl (C=O) groups excluding carboxylic acids is 1. The van der Waals surface area contributed by atoms with Crippen LogP contribution in [0.1, 0.15) is 53.9 Å². The molecular weight excluding hydrogens is 200 g/mol. The molecule has 16 heavy (non-hydrogen) atoms. The van der Waals surface area contributed by atoms with E-state index in [4.69, 9.17) is 5.73 Å². The molecule has 96 valence electrons. The predicted octanol–water partition coefficient (Wildman–Crippen LogP) is 2.30. The van der Waals surface area contributed by atoms with Gasteiger partial charge < -0.3 is 11.1 Å². The second kappa shape index (κ2) is 6.89. The van der Waals surface area contributed by atoms with E-state index in [-0.39, 0.29) is 11.9 Å². The standard InChI is InChI=1S/C13H28N2O/c1-6-13(5,9-14)12(16)15-11(4)8-7-10(2)3/h10-11H,6-9,14H2,1-5H3,(H,15,16). The first-order valence-corrected chi connectivity index (χ1v) is 6.36. The monoisotopic (exact) mass is 228 g/mol. The first-order valence-electron chi connectivity index (χ1n) is 6.36. The lowest BCUT2D eigenvalue weighted by atomic mass is 9.86. The number of rotatable bonds is 7. The largest absolute Gasteiger partial charge is 0.353 e. The van der Waals surface area contributed by atoms with E-state index >= 15 is 0 Å². The van der Waals surface area contributed by atoms with E-state index in [1.807, 2.05) is 13.8 Å². The highest BCUT2D eigenvalue weighted by molar-refractivity contribution is 5.82. The lowest BCUT2D eigenvalue weighted by Gasteiger charge is -2.27. The van der Waals surface area contributed by atoms with Crippen LogP contribution in [0.4, 0.5) is 0 Å². The fraction of sp³-hybridized carbons (Fsp3) is 0.923. The minimum Gasteiger partial charge on any atom is -0.353 e. The highest BCUT2D eigenvalue weighted by Gasteiger charge is 2.30. The molecule has 0 heterocycles. The number of hydrogen-bond acceptors (Lipinski definition) is 2. The number of nitrogens with one attached hydrogen (secondary N) is 1. The average molecular weight is 228 g/mol. The van der Waals surface area contributed by atoms with Crippen molar-refractivity contribution in [1.82, 2.24) is 5.32 Å². The molecule has 0 spiro atoms. The third-order valence-electron chi connectivity index (χ3n) is 3.33. The molecule has 0 aromatic carbocycles. The van der Waals surface area contributed by atoms with Crippen molar-refractivity contribution in [1.29, 1.82) is 0 Å². The average Bonchev–Trinajstić information content (AvgIpc) is 2.25. The number of nitrogens with two attached hydrogens (primary N) is 1. The van der Waals surface area contributed by atoms with Crippen molar-refractivity contribution in [3.05, 3.63) is 0 Å². The second-order valence-electron chi connectivity index (χ2n) is 5.46. The predicted molar refractivity (Wildman–Crippen MR) is 69.1 cm³/mol. The van der Waals surface area contributed by atoms with Crippen LogP contribution < -0.4 is 11.1 Å². The van der Waals surface area contributed by atoms with E-state index in [2.05, 4.69) is 26.1 Å². The highest BCUT2D eigenvalue weighted by atomic mass is 16.2. The lowest BCUT2D eigenvalue weighted by Crippen LogP contribution is -2.46. The highest BCUT2D eigenvalue weighted by Crippen LogP contribution is 2.19. The van der Waals surface area contributed by atoms with Crippen LogP contribution in [0.25, 0.3) is 0 Å². The Morgan fingerprint density at radius 1 is 1.31 bits per heavy atom. The van der Waals surface area contributed by atoms with Gasteiger partial charge in [-0.3, -0.25) is 4.79 Å². The van der Waals surface area contributed by atoms with E-state index in [0.29, 0.717) is 12.5 Å². The third kappa shape index (κ3) is 4.97. The molecule has 0 aliphatic rings. The van der Waals surface area contributed by atoms with Crippen LogP contribution in [-0.2, 0) is 4.79 Å². The van der Waals surface area contributed by atoms with Crippen LogP contribution >= 0.6 is 0 Å². The molecule has 2 unspecified atom stereocenters. The van der Waals surface area contributed by atoms with Gasteiger partial charge in [-0.05, 0) is 39.0 Å². The Balaban J connectivity index is 4.12. The Kier molecular flexibility index (Phi) is 6.65. The van der Waals surface area contributed by atoms with E-state index in [9.17, 15) is 4.79 Å². The molecule has 3 heteroatoms. The normalized spacial score (nSPS) is 16.9. The zero-order valence-corrected chi connectivity index (χ0v) is 11.5. The summed E-state index contributed by atoms with van der Waals surface area (Å²) in [4.78, 5) is 12.0. The molecule has 0 rings (SSSR count). The van der Waals surface area contributed by atoms with Crippen LogP contribution in [0.2, 0.25) is 0 Å². The summed E-state index contributed by atoms with van der Waals surface area (Å²) in [6.45, 7) is 10.8. The van der Waals surface area contributed by atoms with Crippen LogP contribution in [0, 0.1) is 11.3 Å². The van der Waals surface area contributed by atoms with Gasteiger partial charge in [-0.2, -0.15) is 0 Å². The number of carbonyl (C=O) groups is 1. The molecule has 0 saturated carbocycles. The topological polar surface area (TPSA) is 55.1 Å². The van der Waals surface area contributed by atoms with E-state index in [1.54, 1.807) is 0 Å². The molecule has 2 atom stereocenters. The van der Waals surface area contributed by atoms with Gasteiger partial charge in [0.15, 0.2) is 0 Å². The van der Waals surface area contributed by atoms with Gasteiger partial charge in [-0.1, -0.05) is 20.8 Å². The summed E-state index contributed by atoms with van der Waals surface area (Å²) < 4.78 is 0. The van der Waals surface area contributed by atoms with E-state index in [1.165, 1.54) is 0 Å². The Morgan fingerprint density at radius 3 is 2.25 bits per heavy atom. The van der Waals surface area contributed by atoms with Crippen LogP contribution in [0.5, 0.6) is 0 Å². The minimum atomic E-state index is -0.411. The molecule has 0 radical (unpaired) electrons. The maximum atomic E-state index is 12.0. The zero-order valence-electron chi connectivity index (χ0n) is 11.5. The molecule has 1 amide bonds.